The number of nitrogens with one attached hydrogen (secondary N) is 1. The van der Waals surface area contributed by atoms with Crippen molar-refractivity contribution in [2.75, 3.05) is 0 Å². The molecule has 2 heterocycles. The predicted octanol–water partition coefficient (Wildman–Crippen LogP) is 5.99. The second kappa shape index (κ2) is 9.33. The van der Waals surface area contributed by atoms with E-state index >= 15 is 0 Å². The van der Waals surface area contributed by atoms with Crippen LogP contribution >= 0.6 is 24.2 Å². The number of carbonyl (C=O) groups is 1. The number of benzene rings is 3. The molecule has 5 rings (SSSR count). The first kappa shape index (κ1) is 22.2. The van der Waals surface area contributed by atoms with Gasteiger partial charge in [-0.3, -0.25) is 4.79 Å². The van der Waals surface area contributed by atoms with Crippen molar-refractivity contribution in [1.82, 2.24) is 15.3 Å². The van der Waals surface area contributed by atoms with Crippen molar-refractivity contribution >= 4 is 53.3 Å². The number of pyridine rings is 1. The molecular weight excluding hydrogens is 464 g/mol. The fourth-order valence-electron chi connectivity index (χ4n) is 3.86. The number of carbonyl (C=O) groups excluding carboxylic acids is 1. The molecule has 7 heteroatoms. The summed E-state index contributed by atoms with van der Waals surface area (Å²) in [7, 11) is 0. The minimum absolute atomic E-state index is 0.248. The van der Waals surface area contributed by atoms with Gasteiger partial charge >= 0.3 is 0 Å². The van der Waals surface area contributed by atoms with Crippen LogP contribution in [0.2, 0.25) is 5.15 Å². The molecule has 5 nitrogen and oxygen atoms in total. The van der Waals surface area contributed by atoms with E-state index in [9.17, 15) is 4.79 Å². The first-order valence-electron chi connectivity index (χ1n) is 10.8. The van der Waals surface area contributed by atoms with Crippen LogP contribution in [0.1, 0.15) is 28.4 Å². The highest BCUT2D eigenvalue weighted by Crippen LogP contribution is 2.30. The first-order chi connectivity index (χ1) is 16.5. The van der Waals surface area contributed by atoms with Gasteiger partial charge in [0.15, 0.2) is 6.17 Å². The van der Waals surface area contributed by atoms with E-state index in [0.29, 0.717) is 16.4 Å². The second-order valence-corrected chi connectivity index (χ2v) is 8.87. The Bertz CT molecular complexity index is 1450. The van der Waals surface area contributed by atoms with Gasteiger partial charge in [-0.15, -0.1) is 12.6 Å². The van der Waals surface area contributed by atoms with Crippen LogP contribution in [0.3, 0.4) is 0 Å². The van der Waals surface area contributed by atoms with E-state index < -0.39 is 6.17 Å². The number of amides is 1. The summed E-state index contributed by atoms with van der Waals surface area (Å²) in [5, 5.41) is 10.6. The molecular formula is C27H21ClN4OS. The van der Waals surface area contributed by atoms with Crippen molar-refractivity contribution in [3.05, 3.63) is 112 Å². The summed E-state index contributed by atoms with van der Waals surface area (Å²) in [5.74, 6) is -0.248. The molecule has 4 aromatic rings. The number of halogens is 1. The van der Waals surface area contributed by atoms with Gasteiger partial charge in [0, 0.05) is 15.8 Å². The minimum atomic E-state index is -0.460. The van der Waals surface area contributed by atoms with Gasteiger partial charge in [-0.1, -0.05) is 71.8 Å². The summed E-state index contributed by atoms with van der Waals surface area (Å²) in [6.45, 7) is 2.03. The number of aromatic nitrogens is 1. The van der Waals surface area contributed by atoms with Gasteiger partial charge in [-0.2, -0.15) is 5.10 Å². The zero-order chi connectivity index (χ0) is 23.7. The molecule has 34 heavy (non-hydrogen) atoms. The number of fused-ring (bicyclic) bond motifs is 1. The third-order valence-electron chi connectivity index (χ3n) is 5.60. The molecule has 1 atom stereocenters. The highest BCUT2D eigenvalue weighted by Gasteiger charge is 2.36. The molecule has 0 bridgehead atoms. The molecule has 1 aliphatic rings. The maximum absolute atomic E-state index is 13.4. The van der Waals surface area contributed by atoms with Gasteiger partial charge in [0.1, 0.15) is 10.9 Å². The van der Waals surface area contributed by atoms with Crippen LogP contribution in [0, 0.1) is 6.92 Å². The number of aryl methyl sites for hydroxylation is 1. The average Bonchev–Trinajstić information content (AvgIpc) is 3.15. The molecule has 1 unspecified atom stereocenters. The fraction of sp³-hybridized carbons (Fsp3) is 0.0741. The van der Waals surface area contributed by atoms with E-state index in [0.717, 1.165) is 32.5 Å². The molecule has 168 valence electrons. The molecule has 1 saturated heterocycles. The SMILES string of the molecule is Cc1ccc2nc(Cl)c(C=NN3C(=O)C(=Cc4ccccc4S)NC3c3ccccc3)cc2c1. The van der Waals surface area contributed by atoms with E-state index in [4.69, 9.17) is 11.6 Å². The predicted molar refractivity (Wildman–Crippen MR) is 140 cm³/mol. The Morgan fingerprint density at radius 1 is 1.03 bits per heavy atom. The topological polar surface area (TPSA) is 57.6 Å². The van der Waals surface area contributed by atoms with Gasteiger partial charge in [0.2, 0.25) is 0 Å². The van der Waals surface area contributed by atoms with Gasteiger partial charge < -0.3 is 5.32 Å². The van der Waals surface area contributed by atoms with E-state index in [-0.39, 0.29) is 5.91 Å². The monoisotopic (exact) mass is 484 g/mol. The number of hydrogen-bond donors (Lipinski definition) is 2. The van der Waals surface area contributed by atoms with Crippen molar-refractivity contribution in [2.24, 2.45) is 5.10 Å². The Kier molecular flexibility index (Phi) is 6.09. The summed E-state index contributed by atoms with van der Waals surface area (Å²) >= 11 is 10.9. The Morgan fingerprint density at radius 3 is 2.59 bits per heavy atom. The molecule has 1 amide bonds. The summed E-state index contributed by atoms with van der Waals surface area (Å²) in [6.07, 6.45) is 2.92. The zero-order valence-electron chi connectivity index (χ0n) is 18.3. The minimum Gasteiger partial charge on any atom is -0.355 e. The van der Waals surface area contributed by atoms with Crippen LogP contribution in [0.4, 0.5) is 0 Å². The Balaban J connectivity index is 1.53. The van der Waals surface area contributed by atoms with Crippen LogP contribution in [-0.4, -0.2) is 22.1 Å². The molecule has 3 aromatic carbocycles. The van der Waals surface area contributed by atoms with Gasteiger partial charge in [0.05, 0.1) is 11.7 Å². The van der Waals surface area contributed by atoms with Crippen LogP contribution in [0.5, 0.6) is 0 Å². The highest BCUT2D eigenvalue weighted by atomic mass is 35.5. The van der Waals surface area contributed by atoms with Crippen molar-refractivity contribution in [1.29, 1.82) is 0 Å². The Morgan fingerprint density at radius 2 is 1.79 bits per heavy atom. The van der Waals surface area contributed by atoms with Gasteiger partial charge in [-0.25, -0.2) is 9.99 Å². The van der Waals surface area contributed by atoms with Crippen molar-refractivity contribution in [3.8, 4) is 0 Å². The molecule has 1 N–H and O–H groups in total. The summed E-state index contributed by atoms with van der Waals surface area (Å²) < 4.78 is 0. The smallest absolute Gasteiger partial charge is 0.292 e. The van der Waals surface area contributed by atoms with Crippen LogP contribution in [0.15, 0.2) is 94.6 Å². The van der Waals surface area contributed by atoms with Gasteiger partial charge in [0.25, 0.3) is 5.91 Å². The second-order valence-electron chi connectivity index (χ2n) is 8.03. The quantitative estimate of drug-likeness (QED) is 0.162. The van der Waals surface area contributed by atoms with E-state index in [2.05, 4.69) is 28.0 Å². The van der Waals surface area contributed by atoms with Crippen LogP contribution in [0.25, 0.3) is 17.0 Å². The fourth-order valence-corrected chi connectivity index (χ4v) is 4.28. The van der Waals surface area contributed by atoms with Crippen LogP contribution in [-0.2, 0) is 4.79 Å². The zero-order valence-corrected chi connectivity index (χ0v) is 20.0. The standard InChI is InChI=1S/C27H21ClN4OS/c1-17-11-12-22-20(13-17)14-21(25(28)30-22)16-29-32-26(18-7-3-2-4-8-18)31-23(27(32)33)15-19-9-5-6-10-24(19)34/h2-16,26,31,34H,1H3. The molecule has 0 radical (unpaired) electrons. The average molecular weight is 485 g/mol. The third kappa shape index (κ3) is 4.42. The Labute approximate surface area is 208 Å². The lowest BCUT2D eigenvalue weighted by molar-refractivity contribution is -0.126. The largest absolute Gasteiger partial charge is 0.355 e. The molecule has 0 saturated carbocycles. The number of rotatable bonds is 4. The molecule has 1 fully saturated rings. The van der Waals surface area contributed by atoms with Gasteiger partial charge in [-0.05, 0) is 48.4 Å². The Hall–Kier alpha value is -3.61. The highest BCUT2D eigenvalue weighted by molar-refractivity contribution is 7.80. The first-order valence-corrected chi connectivity index (χ1v) is 11.6. The molecule has 1 aliphatic heterocycles. The van der Waals surface area contributed by atoms with Crippen LogP contribution < -0.4 is 5.32 Å². The maximum atomic E-state index is 13.4. The van der Waals surface area contributed by atoms with Crippen molar-refractivity contribution in [3.63, 3.8) is 0 Å². The molecule has 0 spiro atoms. The maximum Gasteiger partial charge on any atom is 0.292 e. The summed E-state index contributed by atoms with van der Waals surface area (Å²) in [4.78, 5) is 18.6. The lowest BCUT2D eigenvalue weighted by Crippen LogP contribution is -2.25. The van der Waals surface area contributed by atoms with E-state index in [1.807, 2.05) is 85.8 Å². The number of thiol groups is 1. The number of hydrazone groups is 1. The number of hydrogen-bond acceptors (Lipinski definition) is 5. The number of nitrogens with zero attached hydrogens (tertiary/aromatic N) is 3. The van der Waals surface area contributed by atoms with E-state index in [1.54, 1.807) is 12.3 Å². The summed E-state index contributed by atoms with van der Waals surface area (Å²) in [6, 6.07) is 25.2. The third-order valence-corrected chi connectivity index (χ3v) is 6.31. The summed E-state index contributed by atoms with van der Waals surface area (Å²) in [5.41, 5.74) is 4.76. The lowest BCUT2D eigenvalue weighted by Gasteiger charge is -2.19. The van der Waals surface area contributed by atoms with Crippen molar-refractivity contribution in [2.45, 2.75) is 18.0 Å². The molecule has 1 aromatic heterocycles. The lowest BCUT2D eigenvalue weighted by atomic mass is 10.1. The van der Waals surface area contributed by atoms with E-state index in [1.165, 1.54) is 5.01 Å². The van der Waals surface area contributed by atoms with Crippen molar-refractivity contribution < 1.29 is 4.79 Å². The molecule has 0 aliphatic carbocycles. The normalized spacial score (nSPS) is 17.1.